The Balaban J connectivity index is 1.49. The Labute approximate surface area is 135 Å². The molecule has 1 fully saturated rings. The van der Waals surface area contributed by atoms with Gasteiger partial charge >= 0.3 is 6.09 Å². The van der Waals surface area contributed by atoms with Crippen molar-refractivity contribution in [2.24, 2.45) is 0 Å². The maximum Gasteiger partial charge on any atom is 0.407 e. The van der Waals surface area contributed by atoms with Gasteiger partial charge < -0.3 is 14.6 Å². The number of ether oxygens (including phenoxy) is 1. The van der Waals surface area contributed by atoms with Crippen LogP contribution in [0.3, 0.4) is 0 Å². The average Bonchev–Trinajstić information content (AvgIpc) is 3.00. The fraction of sp³-hybridized carbons (Fsp3) is 0.471. The van der Waals surface area contributed by atoms with Crippen molar-refractivity contribution in [1.29, 1.82) is 0 Å². The van der Waals surface area contributed by atoms with Gasteiger partial charge in [-0.05, 0) is 38.2 Å². The van der Waals surface area contributed by atoms with Gasteiger partial charge in [-0.1, -0.05) is 30.3 Å². The Morgan fingerprint density at radius 3 is 2.91 bits per heavy atom. The van der Waals surface area contributed by atoms with Crippen LogP contribution in [0.15, 0.2) is 36.7 Å². The summed E-state index contributed by atoms with van der Waals surface area (Å²) in [7, 11) is 0. The number of aromatic nitrogens is 3. The average molecular weight is 314 g/mol. The first-order chi connectivity index (χ1) is 11.2. The van der Waals surface area contributed by atoms with Gasteiger partial charge in [0.05, 0.1) is 0 Å². The maximum absolute atomic E-state index is 12.0. The quantitative estimate of drug-likeness (QED) is 0.942. The Bertz CT molecular complexity index is 641. The molecule has 23 heavy (non-hydrogen) atoms. The smallest absolute Gasteiger partial charge is 0.407 e. The largest absolute Gasteiger partial charge is 0.445 e. The van der Waals surface area contributed by atoms with Gasteiger partial charge in [0.1, 0.15) is 18.8 Å². The van der Waals surface area contributed by atoms with Crippen molar-refractivity contribution in [3.8, 4) is 0 Å². The Hall–Kier alpha value is -2.37. The molecule has 3 rings (SSSR count). The molecule has 1 aliphatic rings. The Morgan fingerprint density at radius 2 is 2.17 bits per heavy atom. The van der Waals surface area contributed by atoms with E-state index in [9.17, 15) is 4.79 Å². The van der Waals surface area contributed by atoms with E-state index >= 15 is 0 Å². The highest BCUT2D eigenvalue weighted by molar-refractivity contribution is 5.67. The number of rotatable bonds is 4. The van der Waals surface area contributed by atoms with Crippen LogP contribution in [0, 0.1) is 6.92 Å². The molecule has 122 valence electrons. The number of nitrogens with zero attached hydrogens (tertiary/aromatic N) is 3. The van der Waals surface area contributed by atoms with Crippen molar-refractivity contribution in [1.82, 2.24) is 20.1 Å². The molecule has 1 aromatic heterocycles. The predicted octanol–water partition coefficient (Wildman–Crippen LogP) is 3.00. The van der Waals surface area contributed by atoms with Gasteiger partial charge in [-0.3, -0.25) is 0 Å². The molecule has 0 spiro atoms. The van der Waals surface area contributed by atoms with E-state index in [4.69, 9.17) is 4.74 Å². The van der Waals surface area contributed by atoms with Crippen molar-refractivity contribution in [3.63, 3.8) is 0 Å². The molecule has 1 aliphatic carbocycles. The minimum atomic E-state index is -0.347. The zero-order valence-corrected chi connectivity index (χ0v) is 13.3. The van der Waals surface area contributed by atoms with Crippen LogP contribution in [-0.2, 0) is 11.3 Å². The number of carbonyl (C=O) groups excluding carboxylic acids is 1. The van der Waals surface area contributed by atoms with Crippen LogP contribution in [0.1, 0.15) is 43.1 Å². The van der Waals surface area contributed by atoms with Crippen molar-refractivity contribution in [3.05, 3.63) is 48.0 Å². The van der Waals surface area contributed by atoms with Crippen LogP contribution < -0.4 is 5.32 Å². The first kappa shape index (κ1) is 15.5. The molecule has 2 aromatic rings. The van der Waals surface area contributed by atoms with E-state index < -0.39 is 0 Å². The van der Waals surface area contributed by atoms with Gasteiger partial charge in [-0.2, -0.15) is 0 Å². The maximum atomic E-state index is 12.0. The molecular formula is C17H22N4O2. The molecular weight excluding hydrogens is 292 g/mol. The zero-order valence-electron chi connectivity index (χ0n) is 13.3. The van der Waals surface area contributed by atoms with E-state index in [1.54, 1.807) is 6.33 Å². The summed E-state index contributed by atoms with van der Waals surface area (Å²) >= 11 is 0. The lowest BCUT2D eigenvalue weighted by atomic mass is 9.91. The van der Waals surface area contributed by atoms with E-state index in [2.05, 4.69) is 20.1 Å². The summed E-state index contributed by atoms with van der Waals surface area (Å²) < 4.78 is 7.40. The van der Waals surface area contributed by atoms with Crippen molar-refractivity contribution < 1.29 is 9.53 Å². The number of alkyl carbamates (subject to hydrolysis) is 1. The minimum Gasteiger partial charge on any atom is -0.445 e. The molecule has 0 radical (unpaired) electrons. The molecule has 6 nitrogen and oxygen atoms in total. The molecule has 1 aromatic carbocycles. The second kappa shape index (κ2) is 7.26. The van der Waals surface area contributed by atoms with Crippen molar-refractivity contribution >= 4 is 6.09 Å². The van der Waals surface area contributed by atoms with Crippen LogP contribution in [0.25, 0.3) is 0 Å². The predicted molar refractivity (Wildman–Crippen MR) is 85.8 cm³/mol. The summed E-state index contributed by atoms with van der Waals surface area (Å²) in [4.78, 5) is 12.0. The standard InChI is InChI=1S/C17H22N4O2/c1-13-20-18-12-21(13)16-9-5-8-15(10-16)19-17(22)23-11-14-6-3-2-4-7-14/h2-4,6-7,12,15-16H,5,8-11H2,1H3,(H,19,22)/t15-,16+/m0/s1. The fourth-order valence-electron chi connectivity index (χ4n) is 3.14. The fourth-order valence-corrected chi connectivity index (χ4v) is 3.14. The van der Waals surface area contributed by atoms with Gasteiger partial charge in [-0.15, -0.1) is 10.2 Å². The van der Waals surface area contributed by atoms with Crippen LogP contribution in [-0.4, -0.2) is 26.9 Å². The summed E-state index contributed by atoms with van der Waals surface area (Å²) in [5.41, 5.74) is 0.990. The van der Waals surface area contributed by atoms with E-state index in [-0.39, 0.29) is 12.1 Å². The molecule has 2 atom stereocenters. The third-order valence-electron chi connectivity index (χ3n) is 4.33. The van der Waals surface area contributed by atoms with Gasteiger partial charge in [0.2, 0.25) is 0 Å². The molecule has 1 N–H and O–H groups in total. The van der Waals surface area contributed by atoms with E-state index in [1.165, 1.54) is 0 Å². The monoisotopic (exact) mass is 314 g/mol. The molecule has 1 heterocycles. The normalized spacial score (nSPS) is 20.9. The van der Waals surface area contributed by atoms with Crippen molar-refractivity contribution in [2.45, 2.75) is 51.3 Å². The third-order valence-corrected chi connectivity index (χ3v) is 4.33. The van der Waals surface area contributed by atoms with Gasteiger partial charge in [0, 0.05) is 12.1 Å². The van der Waals surface area contributed by atoms with Gasteiger partial charge in [0.15, 0.2) is 0 Å². The van der Waals surface area contributed by atoms with E-state index in [0.29, 0.717) is 12.6 Å². The first-order valence-electron chi connectivity index (χ1n) is 8.05. The molecule has 0 aliphatic heterocycles. The summed E-state index contributed by atoms with van der Waals surface area (Å²) in [6.45, 7) is 2.26. The molecule has 0 saturated heterocycles. The summed E-state index contributed by atoms with van der Waals surface area (Å²) in [6.07, 6.45) is 5.47. The topological polar surface area (TPSA) is 69.0 Å². The molecule has 0 bridgehead atoms. The highest BCUT2D eigenvalue weighted by Gasteiger charge is 2.25. The highest BCUT2D eigenvalue weighted by Crippen LogP contribution is 2.29. The van der Waals surface area contributed by atoms with Crippen LogP contribution in [0.2, 0.25) is 0 Å². The second-order valence-electron chi connectivity index (χ2n) is 6.01. The number of hydrogen-bond donors (Lipinski definition) is 1. The molecule has 1 amide bonds. The minimum absolute atomic E-state index is 0.138. The van der Waals surface area contributed by atoms with E-state index in [1.807, 2.05) is 37.3 Å². The number of nitrogens with one attached hydrogen (secondary N) is 1. The number of hydrogen-bond acceptors (Lipinski definition) is 4. The third kappa shape index (κ3) is 4.09. The highest BCUT2D eigenvalue weighted by atomic mass is 16.5. The number of carbonyl (C=O) groups is 1. The lowest BCUT2D eigenvalue weighted by Crippen LogP contribution is -2.39. The SMILES string of the molecule is Cc1nncn1[C@@H]1CCC[C@H](NC(=O)OCc2ccccc2)C1. The summed E-state index contributed by atoms with van der Waals surface area (Å²) in [5.74, 6) is 0.919. The summed E-state index contributed by atoms with van der Waals surface area (Å²) in [6, 6.07) is 10.2. The Morgan fingerprint density at radius 1 is 1.35 bits per heavy atom. The number of amides is 1. The van der Waals surface area contributed by atoms with E-state index in [0.717, 1.165) is 37.1 Å². The van der Waals surface area contributed by atoms with Crippen LogP contribution >= 0.6 is 0 Å². The Kier molecular flexibility index (Phi) is 4.90. The molecule has 1 saturated carbocycles. The molecule has 0 unspecified atom stereocenters. The van der Waals surface area contributed by atoms with Gasteiger partial charge in [-0.25, -0.2) is 4.79 Å². The zero-order chi connectivity index (χ0) is 16.1. The second-order valence-corrected chi connectivity index (χ2v) is 6.01. The number of aryl methyl sites for hydroxylation is 1. The lowest BCUT2D eigenvalue weighted by Gasteiger charge is -2.30. The van der Waals surface area contributed by atoms with Gasteiger partial charge in [0.25, 0.3) is 0 Å². The van der Waals surface area contributed by atoms with Crippen LogP contribution in [0.5, 0.6) is 0 Å². The molecule has 6 heteroatoms. The van der Waals surface area contributed by atoms with Crippen molar-refractivity contribution in [2.75, 3.05) is 0 Å². The van der Waals surface area contributed by atoms with Crippen LogP contribution in [0.4, 0.5) is 4.79 Å². The lowest BCUT2D eigenvalue weighted by molar-refractivity contribution is 0.130. The summed E-state index contributed by atoms with van der Waals surface area (Å²) in [5, 5.41) is 11.0. The first-order valence-corrected chi connectivity index (χ1v) is 8.05. The number of benzene rings is 1.